The van der Waals surface area contributed by atoms with Crippen LogP contribution in [0.15, 0.2) is 36.4 Å². The Morgan fingerprint density at radius 2 is 1.88 bits per heavy atom. The van der Waals surface area contributed by atoms with Gasteiger partial charge in [0.15, 0.2) is 12.7 Å². The van der Waals surface area contributed by atoms with E-state index in [1.807, 2.05) is 0 Å². The van der Waals surface area contributed by atoms with Crippen LogP contribution in [0.3, 0.4) is 0 Å². The van der Waals surface area contributed by atoms with E-state index in [-0.39, 0.29) is 48.6 Å². The van der Waals surface area contributed by atoms with Crippen LogP contribution in [-0.4, -0.2) is 69.5 Å². The molecule has 2 amide bonds. The third-order valence-corrected chi connectivity index (χ3v) is 9.38. The van der Waals surface area contributed by atoms with E-state index in [1.54, 1.807) is 38.1 Å². The maximum atomic E-state index is 13.7. The van der Waals surface area contributed by atoms with Crippen LogP contribution in [-0.2, 0) is 24.3 Å². The molecule has 2 aromatic rings. The standard InChI is InChI=1S/C27H31ClFN3O7S/c1-3-37-8-9-40(35,36)32-12-23(39-22-7-5-18(28)10-21(22)32)25(34)31-27-14-26(15-27,16-27)30-24(33)13-38-19-6-4-17(2)20(29)11-19/h4-7,10-11,23H,3,8-9,12-16H2,1-2H3,(H,30,33)(H,31,34). The van der Waals surface area contributed by atoms with Crippen LogP contribution >= 0.6 is 11.6 Å². The Bertz CT molecular complexity index is 1420. The summed E-state index contributed by atoms with van der Waals surface area (Å²) < 4.78 is 57.6. The molecule has 2 aromatic carbocycles. The Kier molecular flexibility index (Phi) is 7.62. The number of sulfonamides is 1. The van der Waals surface area contributed by atoms with Crippen molar-refractivity contribution < 1.29 is 36.6 Å². The number of nitrogens with zero attached hydrogens (tertiary/aromatic N) is 1. The third kappa shape index (κ3) is 5.70. The monoisotopic (exact) mass is 595 g/mol. The summed E-state index contributed by atoms with van der Waals surface area (Å²) in [5.41, 5.74) is -0.164. The highest BCUT2D eigenvalue weighted by molar-refractivity contribution is 7.92. The summed E-state index contributed by atoms with van der Waals surface area (Å²) in [7, 11) is -3.82. The van der Waals surface area contributed by atoms with E-state index in [9.17, 15) is 22.4 Å². The molecule has 3 saturated carbocycles. The number of hydrogen-bond acceptors (Lipinski definition) is 7. The fourth-order valence-electron chi connectivity index (χ4n) is 5.58. The second-order valence-electron chi connectivity index (χ2n) is 10.6. The van der Waals surface area contributed by atoms with Crippen molar-refractivity contribution in [2.45, 2.75) is 50.3 Å². The summed E-state index contributed by atoms with van der Waals surface area (Å²) >= 11 is 6.11. The van der Waals surface area contributed by atoms with Gasteiger partial charge >= 0.3 is 0 Å². The molecule has 3 fully saturated rings. The second kappa shape index (κ2) is 10.7. The zero-order chi connectivity index (χ0) is 28.7. The summed E-state index contributed by atoms with van der Waals surface area (Å²) in [6, 6.07) is 9.02. The van der Waals surface area contributed by atoms with Gasteiger partial charge in [0, 0.05) is 28.8 Å². The Hall–Kier alpha value is -3.09. The van der Waals surface area contributed by atoms with Gasteiger partial charge in [0.25, 0.3) is 11.8 Å². The second-order valence-corrected chi connectivity index (χ2v) is 13.0. The van der Waals surface area contributed by atoms with E-state index in [4.69, 9.17) is 25.8 Å². The molecule has 0 spiro atoms. The quantitative estimate of drug-likeness (QED) is 0.383. The summed E-state index contributed by atoms with van der Waals surface area (Å²) in [4.78, 5) is 25.7. The van der Waals surface area contributed by atoms with Crippen LogP contribution in [0.4, 0.5) is 10.1 Å². The fourth-order valence-corrected chi connectivity index (χ4v) is 7.10. The van der Waals surface area contributed by atoms with E-state index in [0.29, 0.717) is 36.5 Å². The minimum atomic E-state index is -3.82. The lowest BCUT2D eigenvalue weighted by Gasteiger charge is -2.70. The Labute approximate surface area is 237 Å². The first-order chi connectivity index (χ1) is 18.9. The zero-order valence-corrected chi connectivity index (χ0v) is 23.7. The van der Waals surface area contributed by atoms with Crippen molar-refractivity contribution in [3.8, 4) is 11.5 Å². The van der Waals surface area contributed by atoms with Crippen molar-refractivity contribution in [1.82, 2.24) is 10.6 Å². The van der Waals surface area contributed by atoms with Crippen LogP contribution in [0.2, 0.25) is 5.02 Å². The Morgan fingerprint density at radius 3 is 2.58 bits per heavy atom. The van der Waals surface area contributed by atoms with Crippen LogP contribution in [0.25, 0.3) is 0 Å². The molecular formula is C27H31ClFN3O7S. The summed E-state index contributed by atoms with van der Waals surface area (Å²) in [5.74, 6) is -0.921. The van der Waals surface area contributed by atoms with Crippen LogP contribution in [0, 0.1) is 12.7 Å². The Morgan fingerprint density at radius 1 is 1.15 bits per heavy atom. The predicted molar refractivity (Wildman–Crippen MR) is 146 cm³/mol. The number of hydrogen-bond donors (Lipinski definition) is 2. The number of fused-ring (bicyclic) bond motifs is 1. The molecule has 13 heteroatoms. The number of aryl methyl sites for hydroxylation is 1. The molecule has 6 rings (SSSR count). The lowest BCUT2D eigenvalue weighted by atomic mass is 9.44. The van der Waals surface area contributed by atoms with Gasteiger partial charge in [-0.25, -0.2) is 12.8 Å². The first-order valence-electron chi connectivity index (χ1n) is 13.0. The fraction of sp³-hybridized carbons (Fsp3) is 0.481. The van der Waals surface area contributed by atoms with Crippen molar-refractivity contribution in [2.75, 3.05) is 36.4 Å². The van der Waals surface area contributed by atoms with Crippen molar-refractivity contribution in [3.05, 3.63) is 52.8 Å². The minimum absolute atomic E-state index is 0.0206. The van der Waals surface area contributed by atoms with Gasteiger partial charge < -0.3 is 24.8 Å². The first kappa shape index (κ1) is 28.4. The number of halogens is 2. The highest BCUT2D eigenvalue weighted by Gasteiger charge is 2.69. The highest BCUT2D eigenvalue weighted by atomic mass is 35.5. The van der Waals surface area contributed by atoms with Gasteiger partial charge in [0.2, 0.25) is 10.0 Å². The van der Waals surface area contributed by atoms with E-state index in [1.165, 1.54) is 12.1 Å². The van der Waals surface area contributed by atoms with Gasteiger partial charge in [-0.3, -0.25) is 13.9 Å². The number of carbonyl (C=O) groups is 2. The number of carbonyl (C=O) groups excluding carboxylic acids is 2. The van der Waals surface area contributed by atoms with Gasteiger partial charge in [-0.05, 0) is 62.9 Å². The van der Waals surface area contributed by atoms with Crippen LogP contribution in [0.1, 0.15) is 31.7 Å². The molecule has 10 nitrogen and oxygen atoms in total. The van der Waals surface area contributed by atoms with E-state index < -0.39 is 38.9 Å². The average molecular weight is 596 g/mol. The topological polar surface area (TPSA) is 123 Å². The SMILES string of the molecule is CCOCCS(=O)(=O)N1CC(C(=O)NC23CC(NC(=O)COc4ccc(C)c(F)c4)(C2)C3)Oc2ccc(Cl)cc21. The molecule has 1 aliphatic heterocycles. The smallest absolute Gasteiger partial charge is 0.263 e. The predicted octanol–water partition coefficient (Wildman–Crippen LogP) is 2.71. The van der Waals surface area contributed by atoms with Crippen molar-refractivity contribution >= 4 is 39.1 Å². The van der Waals surface area contributed by atoms with Crippen molar-refractivity contribution in [1.29, 1.82) is 0 Å². The minimum Gasteiger partial charge on any atom is -0.484 e. The number of nitrogens with one attached hydrogen (secondary N) is 2. The van der Waals surface area contributed by atoms with E-state index >= 15 is 0 Å². The molecule has 3 aliphatic carbocycles. The largest absolute Gasteiger partial charge is 0.484 e. The molecule has 40 heavy (non-hydrogen) atoms. The molecule has 1 atom stereocenters. The Balaban J connectivity index is 1.16. The summed E-state index contributed by atoms with van der Waals surface area (Å²) in [6.45, 7) is 3.36. The number of anilines is 1. The number of benzene rings is 2. The van der Waals surface area contributed by atoms with Gasteiger partial charge in [-0.15, -0.1) is 0 Å². The molecule has 2 bridgehead atoms. The highest BCUT2D eigenvalue weighted by Crippen LogP contribution is 2.60. The molecule has 0 radical (unpaired) electrons. The number of amides is 2. The molecule has 1 heterocycles. The van der Waals surface area contributed by atoms with Gasteiger partial charge in [-0.2, -0.15) is 0 Å². The molecule has 0 saturated heterocycles. The number of rotatable bonds is 11. The van der Waals surface area contributed by atoms with E-state index in [0.717, 1.165) is 4.31 Å². The lowest BCUT2D eigenvalue weighted by molar-refractivity contribution is -0.153. The first-order valence-corrected chi connectivity index (χ1v) is 15.0. The van der Waals surface area contributed by atoms with Crippen LogP contribution < -0.4 is 24.4 Å². The molecule has 0 aromatic heterocycles. The molecule has 4 aliphatic rings. The average Bonchev–Trinajstić information content (AvgIpc) is 2.86. The van der Waals surface area contributed by atoms with Gasteiger partial charge in [0.05, 0.1) is 24.6 Å². The summed E-state index contributed by atoms with van der Waals surface area (Å²) in [6.07, 6.45) is 0.530. The van der Waals surface area contributed by atoms with Crippen LogP contribution in [0.5, 0.6) is 11.5 Å². The zero-order valence-electron chi connectivity index (χ0n) is 22.2. The maximum absolute atomic E-state index is 13.7. The van der Waals surface area contributed by atoms with Crippen molar-refractivity contribution in [2.24, 2.45) is 0 Å². The van der Waals surface area contributed by atoms with Gasteiger partial charge in [-0.1, -0.05) is 17.7 Å². The molecular weight excluding hydrogens is 565 g/mol. The lowest BCUT2D eigenvalue weighted by Crippen LogP contribution is -2.84. The normalized spacial score (nSPS) is 24.6. The van der Waals surface area contributed by atoms with Gasteiger partial charge in [0.1, 0.15) is 17.3 Å². The molecule has 216 valence electrons. The van der Waals surface area contributed by atoms with Crippen molar-refractivity contribution in [3.63, 3.8) is 0 Å². The molecule has 1 unspecified atom stereocenters. The third-order valence-electron chi connectivity index (χ3n) is 7.45. The summed E-state index contributed by atoms with van der Waals surface area (Å²) in [5, 5.41) is 6.29. The van der Waals surface area contributed by atoms with E-state index in [2.05, 4.69) is 10.6 Å². The molecule has 2 N–H and O–H groups in total. The maximum Gasteiger partial charge on any atom is 0.263 e. The number of ether oxygens (including phenoxy) is 3.